The lowest BCUT2D eigenvalue weighted by Crippen LogP contribution is -2.35. The molecule has 2 heterocycles. The number of carbonyl (C=O) groups excluding carboxylic acids is 1. The van der Waals surface area contributed by atoms with Gasteiger partial charge in [0.1, 0.15) is 11.5 Å². The highest BCUT2D eigenvalue weighted by molar-refractivity contribution is 5.76. The van der Waals surface area contributed by atoms with Crippen LogP contribution in [0.5, 0.6) is 23.0 Å². The minimum Gasteiger partial charge on any atom is -0.497 e. The highest BCUT2D eigenvalue weighted by Gasteiger charge is 2.24. The predicted molar refractivity (Wildman–Crippen MR) is 121 cm³/mol. The summed E-state index contributed by atoms with van der Waals surface area (Å²) in [5.41, 5.74) is 2.11. The molecule has 172 valence electrons. The van der Waals surface area contributed by atoms with E-state index in [1.165, 1.54) is 12.0 Å². The molecule has 1 N–H and O–H groups in total. The molecule has 32 heavy (non-hydrogen) atoms. The van der Waals surface area contributed by atoms with Gasteiger partial charge in [0.2, 0.25) is 12.7 Å². The Hall–Kier alpha value is -2.93. The Bertz CT molecular complexity index is 933. The molecule has 0 aliphatic carbocycles. The van der Waals surface area contributed by atoms with Gasteiger partial charge in [0.15, 0.2) is 11.5 Å². The van der Waals surface area contributed by atoms with Gasteiger partial charge in [0.25, 0.3) is 0 Å². The number of amides is 1. The molecule has 1 atom stereocenters. The fourth-order valence-corrected chi connectivity index (χ4v) is 4.50. The van der Waals surface area contributed by atoms with Crippen molar-refractivity contribution in [3.8, 4) is 23.0 Å². The molecule has 2 aliphatic rings. The molecule has 7 nitrogen and oxygen atoms in total. The monoisotopic (exact) mass is 440 g/mol. The van der Waals surface area contributed by atoms with E-state index in [4.69, 9.17) is 18.9 Å². The third-order valence-electron chi connectivity index (χ3n) is 6.23. The van der Waals surface area contributed by atoms with Crippen LogP contribution >= 0.6 is 0 Å². The Morgan fingerprint density at radius 2 is 2.06 bits per heavy atom. The fourth-order valence-electron chi connectivity index (χ4n) is 4.50. The molecule has 1 amide bonds. The molecule has 1 saturated heterocycles. The number of carbonyl (C=O) groups is 1. The van der Waals surface area contributed by atoms with Gasteiger partial charge in [0.05, 0.1) is 14.2 Å². The van der Waals surface area contributed by atoms with Crippen LogP contribution in [0.2, 0.25) is 0 Å². The number of rotatable bonds is 9. The number of nitrogens with one attached hydrogen (secondary N) is 1. The zero-order valence-corrected chi connectivity index (χ0v) is 18.9. The molecule has 0 unspecified atom stereocenters. The van der Waals surface area contributed by atoms with Crippen LogP contribution in [-0.2, 0) is 17.9 Å². The largest absolute Gasteiger partial charge is 0.497 e. The van der Waals surface area contributed by atoms with Crippen LogP contribution < -0.4 is 24.3 Å². The number of benzene rings is 2. The first-order valence-electron chi connectivity index (χ1n) is 11.2. The summed E-state index contributed by atoms with van der Waals surface area (Å²) in [6, 6.07) is 11.7. The van der Waals surface area contributed by atoms with E-state index < -0.39 is 0 Å². The van der Waals surface area contributed by atoms with Crippen molar-refractivity contribution < 1.29 is 23.7 Å². The average Bonchev–Trinajstić information content (AvgIpc) is 3.31. The average molecular weight is 441 g/mol. The molecule has 0 saturated carbocycles. The number of nitrogens with zero attached hydrogens (tertiary/aromatic N) is 1. The first-order valence-corrected chi connectivity index (χ1v) is 11.2. The topological polar surface area (TPSA) is 69.3 Å². The third-order valence-corrected chi connectivity index (χ3v) is 6.23. The van der Waals surface area contributed by atoms with E-state index in [0.717, 1.165) is 55.3 Å². The van der Waals surface area contributed by atoms with Crippen molar-refractivity contribution in [1.82, 2.24) is 10.2 Å². The lowest BCUT2D eigenvalue weighted by molar-refractivity contribution is -0.121. The summed E-state index contributed by atoms with van der Waals surface area (Å²) in [4.78, 5) is 14.9. The second kappa shape index (κ2) is 10.6. The Balaban J connectivity index is 1.23. The molecule has 7 heteroatoms. The highest BCUT2D eigenvalue weighted by atomic mass is 16.7. The van der Waals surface area contributed by atoms with Crippen molar-refractivity contribution in [1.29, 1.82) is 0 Å². The van der Waals surface area contributed by atoms with Gasteiger partial charge < -0.3 is 24.3 Å². The van der Waals surface area contributed by atoms with E-state index in [1.807, 2.05) is 30.3 Å². The molecule has 4 rings (SSSR count). The van der Waals surface area contributed by atoms with Crippen molar-refractivity contribution >= 4 is 5.91 Å². The molecule has 0 bridgehead atoms. The van der Waals surface area contributed by atoms with E-state index in [0.29, 0.717) is 31.4 Å². The van der Waals surface area contributed by atoms with Crippen LogP contribution in [0.25, 0.3) is 0 Å². The number of para-hydroxylation sites is 1. The van der Waals surface area contributed by atoms with E-state index in [-0.39, 0.29) is 5.91 Å². The van der Waals surface area contributed by atoms with E-state index in [2.05, 4.69) is 16.3 Å². The Kier molecular flexibility index (Phi) is 7.37. The standard InChI is InChI=1S/C25H32N2O5/c1-29-21-10-9-19(23(13-21)30-2)14-26-24(28)11-8-18-5-4-12-27(15-18)16-20-6-3-7-22-25(20)32-17-31-22/h3,6-7,9-10,13,18H,4-5,8,11-12,14-17H2,1-2H3,(H,26,28)/t18-/m0/s1. The summed E-state index contributed by atoms with van der Waals surface area (Å²) in [5.74, 6) is 3.77. The molecular weight excluding hydrogens is 408 g/mol. The smallest absolute Gasteiger partial charge is 0.231 e. The number of hydrogen-bond acceptors (Lipinski definition) is 6. The minimum atomic E-state index is 0.0754. The van der Waals surface area contributed by atoms with Gasteiger partial charge in [0, 0.05) is 43.2 Å². The number of fused-ring (bicyclic) bond motifs is 1. The lowest BCUT2D eigenvalue weighted by Gasteiger charge is -2.33. The molecule has 2 aromatic carbocycles. The van der Waals surface area contributed by atoms with Gasteiger partial charge >= 0.3 is 0 Å². The molecule has 0 aromatic heterocycles. The van der Waals surface area contributed by atoms with Crippen molar-refractivity contribution in [2.45, 2.75) is 38.8 Å². The maximum atomic E-state index is 12.5. The summed E-state index contributed by atoms with van der Waals surface area (Å²) >= 11 is 0. The van der Waals surface area contributed by atoms with Crippen molar-refractivity contribution in [2.24, 2.45) is 5.92 Å². The van der Waals surface area contributed by atoms with Gasteiger partial charge in [-0.3, -0.25) is 9.69 Å². The summed E-state index contributed by atoms with van der Waals surface area (Å²) < 4.78 is 21.8. The van der Waals surface area contributed by atoms with Crippen LogP contribution in [0.15, 0.2) is 36.4 Å². The van der Waals surface area contributed by atoms with E-state index >= 15 is 0 Å². The minimum absolute atomic E-state index is 0.0754. The third kappa shape index (κ3) is 5.46. The van der Waals surface area contributed by atoms with Gasteiger partial charge in [-0.25, -0.2) is 0 Å². The predicted octanol–water partition coefficient (Wildman–Crippen LogP) is 3.74. The SMILES string of the molecule is COc1ccc(CNC(=O)CC[C@@H]2CCCN(Cc3cccc4c3OCO4)C2)c(OC)c1. The normalized spacial score (nSPS) is 17.8. The molecular formula is C25H32N2O5. The maximum absolute atomic E-state index is 12.5. The number of hydrogen-bond donors (Lipinski definition) is 1. The molecule has 2 aromatic rings. The first-order chi connectivity index (χ1) is 15.7. The number of piperidine rings is 1. The van der Waals surface area contributed by atoms with Crippen LogP contribution in [0, 0.1) is 5.92 Å². The Morgan fingerprint density at radius 1 is 1.16 bits per heavy atom. The second-order valence-electron chi connectivity index (χ2n) is 8.39. The van der Waals surface area contributed by atoms with Crippen molar-refractivity contribution in [2.75, 3.05) is 34.1 Å². The lowest BCUT2D eigenvalue weighted by atomic mass is 9.93. The quantitative estimate of drug-likeness (QED) is 0.641. The van der Waals surface area contributed by atoms with Gasteiger partial charge in [-0.2, -0.15) is 0 Å². The number of likely N-dealkylation sites (tertiary alicyclic amines) is 1. The van der Waals surface area contributed by atoms with E-state index in [1.54, 1.807) is 14.2 Å². The summed E-state index contributed by atoms with van der Waals surface area (Å²) in [6.45, 7) is 3.68. The van der Waals surface area contributed by atoms with Crippen LogP contribution in [0.3, 0.4) is 0 Å². The second-order valence-corrected chi connectivity index (χ2v) is 8.39. The van der Waals surface area contributed by atoms with Crippen LogP contribution in [0.1, 0.15) is 36.8 Å². The van der Waals surface area contributed by atoms with E-state index in [9.17, 15) is 4.79 Å². The Morgan fingerprint density at radius 3 is 2.91 bits per heavy atom. The molecule has 0 radical (unpaired) electrons. The zero-order valence-electron chi connectivity index (χ0n) is 18.9. The Labute approximate surface area is 189 Å². The van der Waals surface area contributed by atoms with Crippen LogP contribution in [-0.4, -0.2) is 44.9 Å². The van der Waals surface area contributed by atoms with Gasteiger partial charge in [-0.15, -0.1) is 0 Å². The zero-order chi connectivity index (χ0) is 22.3. The number of methoxy groups -OCH3 is 2. The van der Waals surface area contributed by atoms with Gasteiger partial charge in [-0.05, 0) is 49.9 Å². The first kappa shape index (κ1) is 22.3. The van der Waals surface area contributed by atoms with Crippen LogP contribution in [0.4, 0.5) is 0 Å². The summed E-state index contributed by atoms with van der Waals surface area (Å²) in [6.07, 6.45) is 3.76. The summed E-state index contributed by atoms with van der Waals surface area (Å²) in [5, 5.41) is 3.03. The fraction of sp³-hybridized carbons (Fsp3) is 0.480. The molecule has 2 aliphatic heterocycles. The molecule has 0 spiro atoms. The highest BCUT2D eigenvalue weighted by Crippen LogP contribution is 2.36. The maximum Gasteiger partial charge on any atom is 0.231 e. The van der Waals surface area contributed by atoms with Crippen molar-refractivity contribution in [3.63, 3.8) is 0 Å². The van der Waals surface area contributed by atoms with Crippen molar-refractivity contribution in [3.05, 3.63) is 47.5 Å². The van der Waals surface area contributed by atoms with Gasteiger partial charge in [-0.1, -0.05) is 12.1 Å². The summed E-state index contributed by atoms with van der Waals surface area (Å²) in [7, 11) is 3.25. The number of ether oxygens (including phenoxy) is 4. The molecule has 1 fully saturated rings.